The van der Waals surface area contributed by atoms with Gasteiger partial charge in [0.25, 0.3) is 0 Å². The first-order valence-electron chi connectivity index (χ1n) is 7.85. The first kappa shape index (κ1) is 18.6. The minimum Gasteiger partial charge on any atom is -1.00 e. The number of imidazole rings is 1. The van der Waals surface area contributed by atoms with E-state index in [1.165, 1.54) is 11.0 Å². The van der Waals surface area contributed by atoms with Gasteiger partial charge in [0.15, 0.2) is 0 Å². The van der Waals surface area contributed by atoms with Crippen molar-refractivity contribution >= 4 is 32.9 Å². The van der Waals surface area contributed by atoms with Crippen LogP contribution in [0.3, 0.4) is 0 Å². The standard InChI is InChI=1S/C18H20BrN3O.ClH/c1-2-21-16-6-3-4-7-17(16)22(18(21)20)12-5-13-23-15-10-8-14(19)9-11-15;/h3-4,6-11,20H,2,5,12-13H2,1H3;1H. The van der Waals surface area contributed by atoms with E-state index in [-0.39, 0.29) is 12.4 Å². The molecule has 3 rings (SSSR count). The lowest BCUT2D eigenvalue weighted by molar-refractivity contribution is -0.657. The fourth-order valence-electron chi connectivity index (χ4n) is 2.82. The van der Waals surface area contributed by atoms with Crippen LogP contribution in [0.2, 0.25) is 0 Å². The summed E-state index contributed by atoms with van der Waals surface area (Å²) < 4.78 is 11.2. The van der Waals surface area contributed by atoms with Gasteiger partial charge in [-0.25, -0.2) is 9.13 Å². The number of ether oxygens (including phenoxy) is 1. The van der Waals surface area contributed by atoms with Crippen LogP contribution in [0.1, 0.15) is 13.3 Å². The number of fused-ring (bicyclic) bond motifs is 1. The molecule has 0 bridgehead atoms. The molecule has 0 aliphatic carbocycles. The second-order valence-electron chi connectivity index (χ2n) is 5.40. The molecule has 0 saturated carbocycles. The predicted molar refractivity (Wildman–Crippen MR) is 96.5 cm³/mol. The highest BCUT2D eigenvalue weighted by Crippen LogP contribution is 2.17. The first-order valence-corrected chi connectivity index (χ1v) is 8.65. The van der Waals surface area contributed by atoms with Crippen molar-refractivity contribution in [1.29, 1.82) is 0 Å². The normalized spacial score (nSPS) is 10.6. The van der Waals surface area contributed by atoms with Gasteiger partial charge in [0, 0.05) is 10.9 Å². The van der Waals surface area contributed by atoms with Crippen molar-refractivity contribution in [3.8, 4) is 5.75 Å². The molecule has 0 aliphatic rings. The lowest BCUT2D eigenvalue weighted by atomic mass is 10.3. The van der Waals surface area contributed by atoms with Crippen molar-refractivity contribution in [3.05, 3.63) is 53.0 Å². The van der Waals surface area contributed by atoms with Crippen LogP contribution in [0.15, 0.2) is 53.0 Å². The highest BCUT2D eigenvalue weighted by atomic mass is 79.9. The van der Waals surface area contributed by atoms with E-state index in [2.05, 4.69) is 56.3 Å². The maximum Gasteiger partial charge on any atom is 0.356 e. The van der Waals surface area contributed by atoms with Crippen LogP contribution in [0.4, 0.5) is 5.95 Å². The lowest BCUT2D eigenvalue weighted by Gasteiger charge is -2.06. The number of nitrogen functional groups attached to an aromatic ring is 1. The van der Waals surface area contributed by atoms with Gasteiger partial charge in [-0.3, -0.25) is 5.73 Å². The zero-order chi connectivity index (χ0) is 16.2. The van der Waals surface area contributed by atoms with E-state index in [1.54, 1.807) is 0 Å². The van der Waals surface area contributed by atoms with Crippen LogP contribution < -0.4 is 27.4 Å². The Morgan fingerprint density at radius 2 is 1.83 bits per heavy atom. The second-order valence-corrected chi connectivity index (χ2v) is 6.31. The third-order valence-electron chi connectivity index (χ3n) is 3.94. The molecule has 0 fully saturated rings. The summed E-state index contributed by atoms with van der Waals surface area (Å²) in [5.41, 5.74) is 8.67. The summed E-state index contributed by atoms with van der Waals surface area (Å²) in [4.78, 5) is 0. The third-order valence-corrected chi connectivity index (χ3v) is 4.47. The van der Waals surface area contributed by atoms with E-state index in [1.807, 2.05) is 24.3 Å². The molecule has 0 atom stereocenters. The zero-order valence-corrected chi connectivity index (χ0v) is 15.9. The molecule has 0 unspecified atom stereocenters. The number of para-hydroxylation sites is 2. The second kappa shape index (κ2) is 8.40. The molecule has 0 amide bonds. The number of aromatic nitrogens is 2. The molecule has 1 heterocycles. The molecule has 2 aromatic carbocycles. The van der Waals surface area contributed by atoms with Gasteiger partial charge in [-0.1, -0.05) is 28.1 Å². The highest BCUT2D eigenvalue weighted by Gasteiger charge is 2.18. The molecule has 0 spiro atoms. The Hall–Kier alpha value is -1.72. The number of hydrogen-bond donors (Lipinski definition) is 1. The van der Waals surface area contributed by atoms with Crippen molar-refractivity contribution in [2.75, 3.05) is 12.3 Å². The number of halogens is 2. The Balaban J connectivity index is 0.00000208. The quantitative estimate of drug-likeness (QED) is 0.482. The van der Waals surface area contributed by atoms with Gasteiger partial charge in [-0.2, -0.15) is 0 Å². The van der Waals surface area contributed by atoms with Gasteiger partial charge in [-0.15, -0.1) is 0 Å². The van der Waals surface area contributed by atoms with Crippen LogP contribution >= 0.6 is 15.9 Å². The summed E-state index contributed by atoms with van der Waals surface area (Å²) in [6, 6.07) is 16.2. The Labute approximate surface area is 156 Å². The number of hydrogen-bond acceptors (Lipinski definition) is 2. The molecule has 24 heavy (non-hydrogen) atoms. The predicted octanol–water partition coefficient (Wildman–Crippen LogP) is 0.766. The minimum atomic E-state index is 0. The average molecular weight is 411 g/mol. The Morgan fingerprint density at radius 1 is 1.12 bits per heavy atom. The summed E-state index contributed by atoms with van der Waals surface area (Å²) in [7, 11) is 0. The first-order chi connectivity index (χ1) is 11.2. The van der Waals surface area contributed by atoms with Gasteiger partial charge in [0.1, 0.15) is 16.8 Å². The van der Waals surface area contributed by atoms with Crippen LogP contribution in [-0.4, -0.2) is 11.2 Å². The van der Waals surface area contributed by atoms with Gasteiger partial charge >= 0.3 is 5.95 Å². The van der Waals surface area contributed by atoms with E-state index in [4.69, 9.17) is 10.5 Å². The van der Waals surface area contributed by atoms with Crippen molar-refractivity contribution in [2.45, 2.75) is 26.4 Å². The molecule has 0 aliphatic heterocycles. The monoisotopic (exact) mass is 409 g/mol. The van der Waals surface area contributed by atoms with Crippen LogP contribution in [-0.2, 0) is 13.1 Å². The number of aryl methyl sites for hydroxylation is 2. The van der Waals surface area contributed by atoms with E-state index in [0.29, 0.717) is 6.61 Å². The van der Waals surface area contributed by atoms with Gasteiger partial charge in [0.2, 0.25) is 0 Å². The largest absolute Gasteiger partial charge is 1.00 e. The average Bonchev–Trinajstić information content (AvgIpc) is 2.84. The Morgan fingerprint density at radius 3 is 2.54 bits per heavy atom. The van der Waals surface area contributed by atoms with E-state index < -0.39 is 0 Å². The van der Waals surface area contributed by atoms with Gasteiger partial charge < -0.3 is 17.1 Å². The molecule has 2 N–H and O–H groups in total. The lowest BCUT2D eigenvalue weighted by Crippen LogP contribution is -3.00. The number of nitrogens with zero attached hydrogens (tertiary/aromatic N) is 2. The maximum atomic E-state index is 6.32. The molecule has 0 radical (unpaired) electrons. The van der Waals surface area contributed by atoms with E-state index in [9.17, 15) is 0 Å². The van der Waals surface area contributed by atoms with E-state index in [0.717, 1.165) is 35.7 Å². The molecule has 6 heteroatoms. The van der Waals surface area contributed by atoms with E-state index >= 15 is 0 Å². The molecule has 4 nitrogen and oxygen atoms in total. The molecule has 1 aromatic heterocycles. The number of nitrogens with two attached hydrogens (primary N) is 1. The van der Waals surface area contributed by atoms with Crippen molar-refractivity contribution in [2.24, 2.45) is 0 Å². The molecule has 128 valence electrons. The van der Waals surface area contributed by atoms with Crippen LogP contribution in [0.25, 0.3) is 11.0 Å². The Bertz CT molecular complexity index is 802. The van der Waals surface area contributed by atoms with Crippen molar-refractivity contribution in [1.82, 2.24) is 4.57 Å². The maximum absolute atomic E-state index is 6.32. The van der Waals surface area contributed by atoms with Gasteiger partial charge in [-0.05, 0) is 43.3 Å². The molecular weight excluding hydrogens is 390 g/mol. The highest BCUT2D eigenvalue weighted by molar-refractivity contribution is 9.10. The number of benzene rings is 2. The smallest absolute Gasteiger partial charge is 0.356 e. The summed E-state index contributed by atoms with van der Waals surface area (Å²) in [5, 5.41) is 0. The Kier molecular flexibility index (Phi) is 6.52. The zero-order valence-electron chi connectivity index (χ0n) is 13.6. The number of rotatable bonds is 6. The van der Waals surface area contributed by atoms with Crippen LogP contribution in [0, 0.1) is 0 Å². The number of anilines is 1. The topological polar surface area (TPSA) is 44.1 Å². The molecular formula is C18H21BrClN3O. The molecule has 3 aromatic rings. The summed E-state index contributed by atoms with van der Waals surface area (Å²) in [6.45, 7) is 4.49. The molecule has 0 saturated heterocycles. The third kappa shape index (κ3) is 3.84. The summed E-state index contributed by atoms with van der Waals surface area (Å²) in [6.07, 6.45) is 0.905. The minimum absolute atomic E-state index is 0. The summed E-state index contributed by atoms with van der Waals surface area (Å²) >= 11 is 3.42. The van der Waals surface area contributed by atoms with Crippen molar-refractivity contribution in [3.63, 3.8) is 0 Å². The summed E-state index contributed by atoms with van der Waals surface area (Å²) in [5.74, 6) is 1.69. The van der Waals surface area contributed by atoms with Crippen LogP contribution in [0.5, 0.6) is 5.75 Å². The SMILES string of the molecule is CCn1c(N)[n+](CCCOc2ccc(Br)cc2)c2ccccc21.[Cl-]. The fourth-order valence-corrected chi connectivity index (χ4v) is 3.09. The van der Waals surface area contributed by atoms with Gasteiger partial charge in [0.05, 0.1) is 19.7 Å². The fraction of sp³-hybridized carbons (Fsp3) is 0.278. The van der Waals surface area contributed by atoms with Crippen molar-refractivity contribution < 1.29 is 21.7 Å².